The number of amides is 1. The van der Waals surface area contributed by atoms with Gasteiger partial charge in [-0.3, -0.25) is 9.69 Å². The molecule has 0 atom stereocenters. The van der Waals surface area contributed by atoms with Gasteiger partial charge < -0.3 is 15.1 Å². The summed E-state index contributed by atoms with van der Waals surface area (Å²) in [5.74, 6) is -0.257. The van der Waals surface area contributed by atoms with Gasteiger partial charge in [0.25, 0.3) is 0 Å². The minimum Gasteiger partial charge on any atom is -0.382 e. The first-order valence-corrected chi connectivity index (χ1v) is 16.7. The van der Waals surface area contributed by atoms with E-state index in [9.17, 15) is 17.6 Å². The van der Waals surface area contributed by atoms with Crippen LogP contribution in [0.1, 0.15) is 45.6 Å². The van der Waals surface area contributed by atoms with Gasteiger partial charge >= 0.3 is 0 Å². The second-order valence-electron chi connectivity index (χ2n) is 12.7. The smallest absolute Gasteiger partial charge is 0.223 e. The van der Waals surface area contributed by atoms with Gasteiger partial charge in [0.05, 0.1) is 9.79 Å². The fraction of sp³-hybridized carbons (Fsp3) is 0.441. The number of hydrogen-bond donors (Lipinski definition) is 1. The van der Waals surface area contributed by atoms with Crippen LogP contribution >= 0.6 is 0 Å². The van der Waals surface area contributed by atoms with Crippen LogP contribution in [0.25, 0.3) is 0 Å². The fourth-order valence-corrected chi connectivity index (χ4v) is 7.06. The minimum absolute atomic E-state index is 0.0656. The molecule has 5 rings (SSSR count). The topological polar surface area (TPSA) is 73.0 Å². The van der Waals surface area contributed by atoms with E-state index in [4.69, 9.17) is 0 Å². The predicted molar refractivity (Wildman–Crippen MR) is 170 cm³/mol. The van der Waals surface area contributed by atoms with Crippen LogP contribution in [0.15, 0.2) is 82.6 Å². The van der Waals surface area contributed by atoms with Gasteiger partial charge in [-0.15, -0.1) is 0 Å². The molecule has 0 radical (unpaired) electrons. The Balaban J connectivity index is 1.02. The van der Waals surface area contributed by atoms with Crippen molar-refractivity contribution in [1.29, 1.82) is 0 Å². The van der Waals surface area contributed by atoms with Gasteiger partial charge in [0.1, 0.15) is 5.82 Å². The molecule has 1 N–H and O–H groups in total. The number of carbonyl (C=O) groups is 1. The van der Waals surface area contributed by atoms with E-state index < -0.39 is 15.7 Å². The molecule has 0 saturated carbocycles. The number of piperazine rings is 1. The van der Waals surface area contributed by atoms with Crippen LogP contribution in [0.2, 0.25) is 0 Å². The molecule has 2 aliphatic rings. The van der Waals surface area contributed by atoms with Crippen molar-refractivity contribution >= 4 is 27.1 Å². The Morgan fingerprint density at radius 3 is 1.93 bits per heavy atom. The van der Waals surface area contributed by atoms with Crippen LogP contribution in [-0.2, 0) is 20.0 Å². The molecule has 2 fully saturated rings. The lowest BCUT2D eigenvalue weighted by Crippen LogP contribution is -2.48. The molecular formula is C34H43FN4O3S. The summed E-state index contributed by atoms with van der Waals surface area (Å²) in [6.45, 7) is 12.8. The zero-order valence-corrected chi connectivity index (χ0v) is 26.2. The highest BCUT2D eigenvalue weighted by atomic mass is 32.2. The predicted octanol–water partition coefficient (Wildman–Crippen LogP) is 5.57. The Hall–Kier alpha value is -3.43. The standard InChI is InChI=1S/C34H43FN4O3S/c1-34(2,3)26-4-10-30(11-5-26)38-24-22-37(23-25-38)19-18-33(40)39-20-16-29(17-21-39)36-28-8-14-32(15-9-28)43(41,42)31-12-6-27(35)7-13-31/h4-15,29,36H,16-25H2,1-3H3. The molecule has 3 aromatic rings. The molecule has 2 aliphatic heterocycles. The quantitative estimate of drug-likeness (QED) is 0.338. The molecule has 1 amide bonds. The third-order valence-corrected chi connectivity index (χ3v) is 10.4. The Morgan fingerprint density at radius 1 is 0.814 bits per heavy atom. The number of nitrogens with zero attached hydrogens (tertiary/aromatic N) is 3. The number of anilines is 2. The molecule has 0 aromatic heterocycles. The summed E-state index contributed by atoms with van der Waals surface area (Å²) in [5, 5.41) is 3.48. The summed E-state index contributed by atoms with van der Waals surface area (Å²) >= 11 is 0. The molecule has 2 saturated heterocycles. The van der Waals surface area contributed by atoms with Crippen molar-refractivity contribution in [3.05, 3.63) is 84.2 Å². The Morgan fingerprint density at radius 2 is 1.37 bits per heavy atom. The largest absolute Gasteiger partial charge is 0.382 e. The van der Waals surface area contributed by atoms with Crippen LogP contribution < -0.4 is 10.2 Å². The van der Waals surface area contributed by atoms with Gasteiger partial charge in [-0.1, -0.05) is 32.9 Å². The van der Waals surface area contributed by atoms with Gasteiger partial charge in [0.15, 0.2) is 0 Å². The first-order chi connectivity index (χ1) is 20.5. The summed E-state index contributed by atoms with van der Waals surface area (Å²) in [6, 6.07) is 20.7. The number of benzene rings is 3. The maximum atomic E-state index is 13.2. The summed E-state index contributed by atoms with van der Waals surface area (Å²) in [7, 11) is -3.70. The lowest BCUT2D eigenvalue weighted by atomic mass is 9.87. The Labute approximate surface area is 255 Å². The van der Waals surface area contributed by atoms with Gasteiger partial charge in [-0.2, -0.15) is 0 Å². The molecule has 0 unspecified atom stereocenters. The monoisotopic (exact) mass is 606 g/mol. The van der Waals surface area contributed by atoms with E-state index in [1.807, 2.05) is 4.90 Å². The number of sulfone groups is 1. The molecule has 0 bridgehead atoms. The second kappa shape index (κ2) is 13.1. The molecule has 7 nitrogen and oxygen atoms in total. The zero-order valence-electron chi connectivity index (χ0n) is 25.4. The van der Waals surface area contributed by atoms with Gasteiger partial charge in [-0.25, -0.2) is 12.8 Å². The van der Waals surface area contributed by atoms with E-state index >= 15 is 0 Å². The van der Waals surface area contributed by atoms with Gasteiger partial charge in [-0.05, 0) is 84.5 Å². The summed E-state index contributed by atoms with van der Waals surface area (Å²) in [5.41, 5.74) is 3.61. The molecular weight excluding hydrogens is 563 g/mol. The fourth-order valence-electron chi connectivity index (χ4n) is 5.80. The molecule has 0 aliphatic carbocycles. The van der Waals surface area contributed by atoms with E-state index in [-0.39, 0.29) is 27.2 Å². The third-order valence-electron chi connectivity index (χ3n) is 8.62. The first kappa shape index (κ1) is 31.0. The molecule has 2 heterocycles. The number of piperidine rings is 1. The van der Waals surface area contributed by atoms with Crippen molar-refractivity contribution in [1.82, 2.24) is 9.80 Å². The Kier molecular flexibility index (Phi) is 9.42. The van der Waals surface area contributed by atoms with Crippen LogP contribution in [0.4, 0.5) is 15.8 Å². The van der Waals surface area contributed by atoms with Crippen LogP contribution in [0.3, 0.4) is 0 Å². The average molecular weight is 607 g/mol. The second-order valence-corrected chi connectivity index (χ2v) is 14.6. The molecule has 230 valence electrons. The summed E-state index contributed by atoms with van der Waals surface area (Å²) in [6.07, 6.45) is 2.23. The maximum Gasteiger partial charge on any atom is 0.223 e. The van der Waals surface area contributed by atoms with Crippen molar-refractivity contribution in [3.63, 3.8) is 0 Å². The number of hydrogen-bond acceptors (Lipinski definition) is 6. The van der Waals surface area contributed by atoms with E-state index in [1.165, 1.54) is 23.4 Å². The maximum absolute atomic E-state index is 13.2. The lowest BCUT2D eigenvalue weighted by Gasteiger charge is -2.37. The van der Waals surface area contributed by atoms with Crippen molar-refractivity contribution in [2.45, 2.75) is 61.3 Å². The number of nitrogens with one attached hydrogen (secondary N) is 1. The normalized spacial score (nSPS) is 17.2. The SMILES string of the molecule is CC(C)(C)c1ccc(N2CCN(CCC(=O)N3CCC(Nc4ccc(S(=O)(=O)c5ccc(F)cc5)cc4)CC3)CC2)cc1. The van der Waals surface area contributed by atoms with Gasteiger partial charge in [0.2, 0.25) is 15.7 Å². The van der Waals surface area contributed by atoms with Crippen molar-refractivity contribution < 1.29 is 17.6 Å². The van der Waals surface area contributed by atoms with E-state index in [0.717, 1.165) is 63.4 Å². The number of likely N-dealkylation sites (tertiary alicyclic amines) is 1. The number of rotatable bonds is 8. The van der Waals surface area contributed by atoms with Gasteiger partial charge in [0, 0.05) is 69.7 Å². The number of halogens is 1. The van der Waals surface area contributed by atoms with E-state index in [2.05, 4.69) is 60.2 Å². The summed E-state index contributed by atoms with van der Waals surface area (Å²) in [4.78, 5) is 20.0. The first-order valence-electron chi connectivity index (χ1n) is 15.2. The molecule has 0 spiro atoms. The summed E-state index contributed by atoms with van der Waals surface area (Å²) < 4.78 is 38.9. The zero-order chi connectivity index (χ0) is 30.6. The van der Waals surface area contributed by atoms with Crippen molar-refractivity contribution in [2.24, 2.45) is 0 Å². The van der Waals surface area contributed by atoms with E-state index in [0.29, 0.717) is 19.5 Å². The number of carbonyl (C=O) groups excluding carboxylic acids is 1. The van der Waals surface area contributed by atoms with Crippen molar-refractivity contribution in [3.8, 4) is 0 Å². The van der Waals surface area contributed by atoms with Crippen LogP contribution in [-0.4, -0.2) is 76.0 Å². The third kappa shape index (κ3) is 7.75. The molecule has 43 heavy (non-hydrogen) atoms. The highest BCUT2D eigenvalue weighted by molar-refractivity contribution is 7.91. The molecule has 3 aromatic carbocycles. The average Bonchev–Trinajstić information content (AvgIpc) is 3.01. The van der Waals surface area contributed by atoms with Crippen LogP contribution in [0, 0.1) is 5.82 Å². The highest BCUT2D eigenvalue weighted by Crippen LogP contribution is 2.26. The highest BCUT2D eigenvalue weighted by Gasteiger charge is 2.25. The minimum atomic E-state index is -3.70. The molecule has 9 heteroatoms. The van der Waals surface area contributed by atoms with Crippen molar-refractivity contribution in [2.75, 3.05) is 56.0 Å². The Bertz CT molecular complexity index is 1470. The lowest BCUT2D eigenvalue weighted by molar-refractivity contribution is -0.132. The van der Waals surface area contributed by atoms with E-state index in [1.54, 1.807) is 24.3 Å². The van der Waals surface area contributed by atoms with Crippen LogP contribution in [0.5, 0.6) is 0 Å².